The van der Waals surface area contributed by atoms with Crippen molar-refractivity contribution in [1.29, 1.82) is 0 Å². The van der Waals surface area contributed by atoms with Gasteiger partial charge in [-0.3, -0.25) is 0 Å². The van der Waals surface area contributed by atoms with Gasteiger partial charge in [0.1, 0.15) is 11.4 Å². The van der Waals surface area contributed by atoms with Crippen LogP contribution in [0, 0.1) is 6.92 Å². The van der Waals surface area contributed by atoms with Gasteiger partial charge in [0, 0.05) is 24.3 Å². The Morgan fingerprint density at radius 2 is 1.83 bits per heavy atom. The molecular weight excluding hydrogens is 300 g/mol. The van der Waals surface area contributed by atoms with Gasteiger partial charge in [-0.2, -0.15) is 0 Å². The van der Waals surface area contributed by atoms with Gasteiger partial charge in [0.15, 0.2) is 0 Å². The van der Waals surface area contributed by atoms with E-state index in [1.807, 2.05) is 25.1 Å². The summed E-state index contributed by atoms with van der Waals surface area (Å²) in [5.41, 5.74) is 4.13. The van der Waals surface area contributed by atoms with Crippen LogP contribution in [-0.2, 0) is 6.42 Å². The molecule has 4 nitrogen and oxygen atoms in total. The van der Waals surface area contributed by atoms with Crippen molar-refractivity contribution in [3.8, 4) is 11.1 Å². The summed E-state index contributed by atoms with van der Waals surface area (Å²) in [6.45, 7) is 5.81. The first-order chi connectivity index (χ1) is 11.6. The molecule has 2 aromatic rings. The van der Waals surface area contributed by atoms with Crippen LogP contribution in [0.3, 0.4) is 0 Å². The smallest absolute Gasteiger partial charge is 0.340 e. The summed E-state index contributed by atoms with van der Waals surface area (Å²) in [4.78, 5) is 18.7. The second-order valence-corrected chi connectivity index (χ2v) is 6.41. The molecule has 1 saturated heterocycles. The van der Waals surface area contributed by atoms with Crippen LogP contribution in [0.5, 0.6) is 0 Å². The second-order valence-electron chi connectivity index (χ2n) is 6.41. The van der Waals surface area contributed by atoms with Gasteiger partial charge in [0.25, 0.3) is 0 Å². The molecule has 3 rings (SSSR count). The van der Waals surface area contributed by atoms with Crippen molar-refractivity contribution in [2.24, 2.45) is 0 Å². The number of piperidine rings is 1. The fourth-order valence-corrected chi connectivity index (χ4v) is 3.35. The molecule has 1 aliphatic heterocycles. The summed E-state index contributed by atoms with van der Waals surface area (Å²) in [6.07, 6.45) is 4.36. The van der Waals surface area contributed by atoms with E-state index in [2.05, 4.69) is 28.9 Å². The number of aromatic nitrogens is 1. The number of hydrogen-bond donors (Lipinski definition) is 1. The number of aryl methyl sites for hydroxylation is 2. The van der Waals surface area contributed by atoms with Crippen LogP contribution < -0.4 is 4.90 Å². The number of pyridine rings is 1. The maximum atomic E-state index is 12.0. The summed E-state index contributed by atoms with van der Waals surface area (Å²) in [6, 6.07) is 10.0. The van der Waals surface area contributed by atoms with Crippen molar-refractivity contribution in [3.05, 3.63) is 47.2 Å². The topological polar surface area (TPSA) is 53.4 Å². The summed E-state index contributed by atoms with van der Waals surface area (Å²) in [5, 5.41) is 9.86. The molecule has 1 aromatic carbocycles. The van der Waals surface area contributed by atoms with E-state index in [1.165, 1.54) is 12.0 Å². The van der Waals surface area contributed by atoms with Crippen LogP contribution in [0.25, 0.3) is 11.1 Å². The molecule has 0 bridgehead atoms. The lowest BCUT2D eigenvalue weighted by atomic mass is 9.97. The van der Waals surface area contributed by atoms with Crippen LogP contribution in [0.4, 0.5) is 5.82 Å². The third-order valence-electron chi connectivity index (χ3n) is 4.67. The van der Waals surface area contributed by atoms with Crippen molar-refractivity contribution >= 4 is 11.8 Å². The minimum absolute atomic E-state index is 0.326. The monoisotopic (exact) mass is 324 g/mol. The number of carbonyl (C=O) groups is 1. The third kappa shape index (κ3) is 3.28. The van der Waals surface area contributed by atoms with Gasteiger partial charge in [0.2, 0.25) is 0 Å². The summed E-state index contributed by atoms with van der Waals surface area (Å²) < 4.78 is 0. The Hall–Kier alpha value is -2.36. The maximum absolute atomic E-state index is 12.0. The predicted octanol–water partition coefficient (Wildman–Crippen LogP) is 4.31. The standard InChI is InChI=1S/C20H24N2O2/c1-3-15-7-9-16(10-8-15)17-13-14(2)21-19(18(17)20(23)24)22-11-5-4-6-12-22/h7-10,13H,3-6,11-12H2,1-2H3,(H,23,24). The van der Waals surface area contributed by atoms with Crippen LogP contribution in [-0.4, -0.2) is 29.1 Å². The summed E-state index contributed by atoms with van der Waals surface area (Å²) in [7, 11) is 0. The molecule has 24 heavy (non-hydrogen) atoms. The van der Waals surface area contributed by atoms with Gasteiger partial charge in [-0.05, 0) is 49.8 Å². The fraction of sp³-hybridized carbons (Fsp3) is 0.400. The molecule has 0 saturated carbocycles. The first kappa shape index (κ1) is 16.5. The molecule has 4 heteroatoms. The largest absolute Gasteiger partial charge is 0.478 e. The average molecular weight is 324 g/mol. The van der Waals surface area contributed by atoms with E-state index >= 15 is 0 Å². The Kier molecular flexibility index (Phi) is 4.84. The Morgan fingerprint density at radius 1 is 1.17 bits per heavy atom. The van der Waals surface area contributed by atoms with Gasteiger partial charge in [-0.25, -0.2) is 9.78 Å². The highest BCUT2D eigenvalue weighted by Gasteiger charge is 2.24. The number of carboxylic acids is 1. The Bertz CT molecular complexity index is 732. The average Bonchev–Trinajstić information content (AvgIpc) is 2.61. The minimum atomic E-state index is -0.905. The molecule has 0 unspecified atom stereocenters. The van der Waals surface area contributed by atoms with Crippen molar-refractivity contribution in [2.75, 3.05) is 18.0 Å². The first-order valence-electron chi connectivity index (χ1n) is 8.69. The minimum Gasteiger partial charge on any atom is -0.478 e. The van der Waals surface area contributed by atoms with Crippen LogP contribution in [0.2, 0.25) is 0 Å². The first-order valence-corrected chi connectivity index (χ1v) is 8.69. The van der Waals surface area contributed by atoms with Crippen LogP contribution in [0.1, 0.15) is 47.8 Å². The highest BCUT2D eigenvalue weighted by molar-refractivity contribution is 6.01. The van der Waals surface area contributed by atoms with Crippen LogP contribution in [0.15, 0.2) is 30.3 Å². The lowest BCUT2D eigenvalue weighted by molar-refractivity contribution is 0.0698. The molecule has 0 amide bonds. The molecule has 0 spiro atoms. The zero-order valence-electron chi connectivity index (χ0n) is 14.4. The molecule has 2 heterocycles. The van der Waals surface area contributed by atoms with E-state index in [0.717, 1.165) is 49.2 Å². The maximum Gasteiger partial charge on any atom is 0.340 e. The number of nitrogens with zero attached hydrogens (tertiary/aromatic N) is 2. The number of anilines is 1. The van der Waals surface area contributed by atoms with E-state index in [-0.39, 0.29) is 0 Å². The van der Waals surface area contributed by atoms with E-state index in [1.54, 1.807) is 0 Å². The molecule has 0 atom stereocenters. The lowest BCUT2D eigenvalue weighted by Gasteiger charge is -2.29. The number of aromatic carboxylic acids is 1. The van der Waals surface area contributed by atoms with E-state index in [4.69, 9.17) is 0 Å². The fourth-order valence-electron chi connectivity index (χ4n) is 3.35. The van der Waals surface area contributed by atoms with Crippen molar-refractivity contribution in [2.45, 2.75) is 39.5 Å². The molecule has 1 fully saturated rings. The van der Waals surface area contributed by atoms with Crippen molar-refractivity contribution in [1.82, 2.24) is 4.98 Å². The van der Waals surface area contributed by atoms with Gasteiger partial charge in [0.05, 0.1) is 0 Å². The molecular formula is C20H24N2O2. The zero-order valence-corrected chi connectivity index (χ0v) is 14.4. The van der Waals surface area contributed by atoms with Gasteiger partial charge in [-0.1, -0.05) is 31.2 Å². The molecule has 1 N–H and O–H groups in total. The van der Waals surface area contributed by atoms with Crippen LogP contribution >= 0.6 is 0 Å². The Morgan fingerprint density at radius 3 is 2.42 bits per heavy atom. The predicted molar refractivity (Wildman–Crippen MR) is 96.8 cm³/mol. The van der Waals surface area contributed by atoms with E-state index in [0.29, 0.717) is 11.4 Å². The summed E-state index contributed by atoms with van der Waals surface area (Å²) >= 11 is 0. The molecule has 1 aromatic heterocycles. The van der Waals surface area contributed by atoms with Crippen molar-refractivity contribution in [3.63, 3.8) is 0 Å². The SMILES string of the molecule is CCc1ccc(-c2cc(C)nc(N3CCCCC3)c2C(=O)O)cc1. The molecule has 126 valence electrons. The quantitative estimate of drug-likeness (QED) is 0.910. The lowest BCUT2D eigenvalue weighted by Crippen LogP contribution is -2.32. The zero-order chi connectivity index (χ0) is 17.1. The highest BCUT2D eigenvalue weighted by Crippen LogP contribution is 2.32. The molecule has 0 radical (unpaired) electrons. The second kappa shape index (κ2) is 7.04. The molecule has 0 aliphatic carbocycles. The Labute approximate surface area is 143 Å². The summed E-state index contributed by atoms with van der Waals surface area (Å²) in [5.74, 6) is -0.283. The number of benzene rings is 1. The van der Waals surface area contributed by atoms with Gasteiger partial charge < -0.3 is 10.0 Å². The van der Waals surface area contributed by atoms with Crippen molar-refractivity contribution < 1.29 is 9.90 Å². The Balaban J connectivity index is 2.13. The normalized spacial score (nSPS) is 14.7. The third-order valence-corrected chi connectivity index (χ3v) is 4.67. The van der Waals surface area contributed by atoms with Gasteiger partial charge in [-0.15, -0.1) is 0 Å². The van der Waals surface area contributed by atoms with E-state index in [9.17, 15) is 9.90 Å². The number of carboxylic acid groups (broad SMARTS) is 1. The highest BCUT2D eigenvalue weighted by atomic mass is 16.4. The van der Waals surface area contributed by atoms with Gasteiger partial charge >= 0.3 is 5.97 Å². The van der Waals surface area contributed by atoms with E-state index < -0.39 is 5.97 Å². The number of hydrogen-bond acceptors (Lipinski definition) is 3. The number of rotatable bonds is 4. The molecule has 1 aliphatic rings.